The number of halogens is 2. The van der Waals surface area contributed by atoms with E-state index in [-0.39, 0.29) is 5.91 Å². The van der Waals surface area contributed by atoms with Crippen molar-refractivity contribution < 1.29 is 9.53 Å². The summed E-state index contributed by atoms with van der Waals surface area (Å²) >= 11 is 10.1. The number of carbonyl (C=O) groups excluding carboxylic acids is 1. The molecule has 0 saturated heterocycles. The summed E-state index contributed by atoms with van der Waals surface area (Å²) in [5.74, 6) is 0.388. The second-order valence-corrected chi connectivity index (χ2v) is 9.24. The fourth-order valence-electron chi connectivity index (χ4n) is 3.88. The van der Waals surface area contributed by atoms with Crippen LogP contribution in [0.3, 0.4) is 0 Å². The van der Waals surface area contributed by atoms with Crippen molar-refractivity contribution in [1.82, 2.24) is 0 Å². The number of hydrogen-bond acceptors (Lipinski definition) is 3. The average Bonchev–Trinajstić information content (AvgIpc) is 3.12. The number of fused-ring (bicyclic) bond motifs is 1. The maximum Gasteiger partial charge on any atom is 0.280 e. The van der Waals surface area contributed by atoms with Gasteiger partial charge in [0.25, 0.3) is 5.91 Å². The van der Waals surface area contributed by atoms with Crippen LogP contribution in [0.1, 0.15) is 18.1 Å². The Morgan fingerprint density at radius 3 is 2.47 bits per heavy atom. The van der Waals surface area contributed by atoms with E-state index in [0.29, 0.717) is 33.1 Å². The predicted octanol–water partition coefficient (Wildman–Crippen LogP) is 7.64. The standard InChI is InChI=1S/C28H20BrClN2O2/c1-18-24(28(33)32(31-18)23-9-3-2-4-10-23)14-20-15-25(29)27(26(30)16-20)34-17-19-11-12-21-7-5-6-8-22(21)13-19/h2-16H,17H2,1H3/b24-14+. The number of hydrazone groups is 1. The summed E-state index contributed by atoms with van der Waals surface area (Å²) in [7, 11) is 0. The Kier molecular flexibility index (Phi) is 6.22. The Morgan fingerprint density at radius 1 is 0.971 bits per heavy atom. The highest BCUT2D eigenvalue weighted by Gasteiger charge is 2.28. The van der Waals surface area contributed by atoms with Gasteiger partial charge in [0, 0.05) is 0 Å². The molecule has 0 fully saturated rings. The monoisotopic (exact) mass is 530 g/mol. The van der Waals surface area contributed by atoms with Crippen LogP contribution in [0.4, 0.5) is 5.69 Å². The molecule has 1 heterocycles. The summed E-state index contributed by atoms with van der Waals surface area (Å²) in [6, 6.07) is 27.5. The molecule has 0 atom stereocenters. The van der Waals surface area contributed by atoms with Crippen LogP contribution in [0.15, 0.2) is 100 Å². The fraction of sp³-hybridized carbons (Fsp3) is 0.0714. The van der Waals surface area contributed by atoms with Gasteiger partial charge in [0.15, 0.2) is 5.75 Å². The second kappa shape index (κ2) is 9.45. The molecule has 168 valence electrons. The van der Waals surface area contributed by atoms with E-state index in [9.17, 15) is 4.79 Å². The van der Waals surface area contributed by atoms with Crippen molar-refractivity contribution in [2.75, 3.05) is 5.01 Å². The van der Waals surface area contributed by atoms with Crippen LogP contribution in [0, 0.1) is 0 Å². The van der Waals surface area contributed by atoms with Crippen LogP contribution >= 0.6 is 27.5 Å². The molecule has 4 aromatic carbocycles. The van der Waals surface area contributed by atoms with Crippen LogP contribution in [0.25, 0.3) is 16.8 Å². The Morgan fingerprint density at radius 2 is 1.71 bits per heavy atom. The molecule has 0 aliphatic carbocycles. The molecule has 1 aliphatic rings. The third-order valence-electron chi connectivity index (χ3n) is 5.59. The van der Waals surface area contributed by atoms with Crippen molar-refractivity contribution in [1.29, 1.82) is 0 Å². The van der Waals surface area contributed by atoms with E-state index in [0.717, 1.165) is 16.8 Å². The van der Waals surface area contributed by atoms with Gasteiger partial charge in [-0.3, -0.25) is 4.79 Å². The first-order valence-corrected chi connectivity index (χ1v) is 11.9. The predicted molar refractivity (Wildman–Crippen MR) is 142 cm³/mol. The lowest BCUT2D eigenvalue weighted by Crippen LogP contribution is -2.21. The zero-order chi connectivity index (χ0) is 23.7. The molecule has 4 nitrogen and oxygen atoms in total. The maximum atomic E-state index is 13.0. The van der Waals surface area contributed by atoms with Gasteiger partial charge in [-0.25, -0.2) is 0 Å². The summed E-state index contributed by atoms with van der Waals surface area (Å²) in [5, 5.41) is 8.66. The van der Waals surface area contributed by atoms with Crippen molar-refractivity contribution >= 4 is 61.7 Å². The number of nitrogens with zero attached hydrogens (tertiary/aromatic N) is 2. The van der Waals surface area contributed by atoms with Crippen LogP contribution in [0.2, 0.25) is 5.02 Å². The smallest absolute Gasteiger partial charge is 0.280 e. The molecule has 4 aromatic rings. The Hall–Kier alpha value is -3.41. The minimum absolute atomic E-state index is 0.174. The molecule has 1 aliphatic heterocycles. The first-order chi connectivity index (χ1) is 16.5. The molecule has 34 heavy (non-hydrogen) atoms. The van der Waals surface area contributed by atoms with Crippen LogP contribution in [-0.2, 0) is 11.4 Å². The highest BCUT2D eigenvalue weighted by molar-refractivity contribution is 9.10. The molecule has 0 aromatic heterocycles. The Balaban J connectivity index is 1.36. The van der Waals surface area contributed by atoms with Gasteiger partial charge in [0.2, 0.25) is 0 Å². The summed E-state index contributed by atoms with van der Waals surface area (Å²) in [6.45, 7) is 2.21. The molecule has 6 heteroatoms. The zero-order valence-electron chi connectivity index (χ0n) is 18.3. The lowest BCUT2D eigenvalue weighted by molar-refractivity contribution is -0.114. The minimum Gasteiger partial charge on any atom is -0.486 e. The molecule has 1 amide bonds. The molecule has 0 unspecified atom stereocenters. The normalized spacial score (nSPS) is 14.7. The lowest BCUT2D eigenvalue weighted by atomic mass is 10.1. The Bertz CT molecular complexity index is 1440. The van der Waals surface area contributed by atoms with Gasteiger partial charge in [-0.1, -0.05) is 66.2 Å². The SMILES string of the molecule is CC1=NN(c2ccccc2)C(=O)/C1=C/c1cc(Cl)c(OCc2ccc3ccccc3c2)c(Br)c1. The molecule has 5 rings (SSSR count). The maximum absolute atomic E-state index is 13.0. The largest absolute Gasteiger partial charge is 0.486 e. The summed E-state index contributed by atoms with van der Waals surface area (Å²) < 4.78 is 6.76. The summed E-state index contributed by atoms with van der Waals surface area (Å²) in [4.78, 5) is 13.0. The number of hydrogen-bond donors (Lipinski definition) is 0. The summed E-state index contributed by atoms with van der Waals surface area (Å²) in [6.07, 6.45) is 1.80. The number of para-hydroxylation sites is 1. The van der Waals surface area contributed by atoms with Gasteiger partial charge >= 0.3 is 0 Å². The van der Waals surface area contributed by atoms with Crippen molar-refractivity contribution in [2.24, 2.45) is 5.10 Å². The van der Waals surface area contributed by atoms with Crippen LogP contribution < -0.4 is 9.75 Å². The van der Waals surface area contributed by atoms with Gasteiger partial charge in [-0.15, -0.1) is 0 Å². The van der Waals surface area contributed by atoms with Crippen molar-refractivity contribution in [3.8, 4) is 5.75 Å². The fourth-order valence-corrected chi connectivity index (χ4v) is 4.87. The highest BCUT2D eigenvalue weighted by atomic mass is 79.9. The van der Waals surface area contributed by atoms with Gasteiger partial charge in [0.05, 0.1) is 26.5 Å². The van der Waals surface area contributed by atoms with Crippen LogP contribution in [-0.4, -0.2) is 11.6 Å². The first-order valence-electron chi connectivity index (χ1n) is 10.8. The molecular weight excluding hydrogens is 512 g/mol. The van der Waals surface area contributed by atoms with E-state index in [1.165, 1.54) is 15.8 Å². The second-order valence-electron chi connectivity index (χ2n) is 7.98. The topological polar surface area (TPSA) is 41.9 Å². The van der Waals surface area contributed by atoms with Crippen molar-refractivity contribution in [3.63, 3.8) is 0 Å². The third kappa shape index (κ3) is 4.49. The molecule has 0 saturated carbocycles. The number of ether oxygens (including phenoxy) is 1. The molecular formula is C28H20BrClN2O2. The van der Waals surface area contributed by atoms with Crippen molar-refractivity contribution in [2.45, 2.75) is 13.5 Å². The minimum atomic E-state index is -0.174. The van der Waals surface area contributed by atoms with E-state index < -0.39 is 0 Å². The zero-order valence-corrected chi connectivity index (χ0v) is 20.7. The number of carbonyl (C=O) groups is 1. The molecule has 0 radical (unpaired) electrons. The average molecular weight is 532 g/mol. The summed E-state index contributed by atoms with van der Waals surface area (Å²) in [5.41, 5.74) is 3.74. The van der Waals surface area contributed by atoms with Gasteiger partial charge in [-0.05, 0) is 81.2 Å². The quantitative estimate of drug-likeness (QED) is 0.248. The number of anilines is 1. The van der Waals surface area contributed by atoms with Crippen molar-refractivity contribution in [3.05, 3.63) is 111 Å². The molecule has 0 N–H and O–H groups in total. The lowest BCUT2D eigenvalue weighted by Gasteiger charge is -2.12. The van der Waals surface area contributed by atoms with E-state index in [1.807, 2.05) is 55.5 Å². The van der Waals surface area contributed by atoms with Crippen LogP contribution in [0.5, 0.6) is 5.75 Å². The Labute approximate surface area is 211 Å². The van der Waals surface area contributed by atoms with E-state index in [1.54, 1.807) is 12.1 Å². The van der Waals surface area contributed by atoms with E-state index >= 15 is 0 Å². The van der Waals surface area contributed by atoms with Gasteiger partial charge < -0.3 is 4.74 Å². The number of benzene rings is 4. The highest BCUT2D eigenvalue weighted by Crippen LogP contribution is 2.36. The third-order valence-corrected chi connectivity index (χ3v) is 6.46. The van der Waals surface area contributed by atoms with Gasteiger partial charge in [-0.2, -0.15) is 10.1 Å². The molecule has 0 bridgehead atoms. The number of amides is 1. The van der Waals surface area contributed by atoms with E-state index in [4.69, 9.17) is 16.3 Å². The van der Waals surface area contributed by atoms with Gasteiger partial charge in [0.1, 0.15) is 6.61 Å². The molecule has 0 spiro atoms. The first kappa shape index (κ1) is 22.4. The van der Waals surface area contributed by atoms with E-state index in [2.05, 4.69) is 51.4 Å². The number of rotatable bonds is 5.